The summed E-state index contributed by atoms with van der Waals surface area (Å²) in [4.78, 5) is 2.95. The third-order valence-corrected chi connectivity index (χ3v) is 4.97. The highest BCUT2D eigenvalue weighted by molar-refractivity contribution is 7.85. The van der Waals surface area contributed by atoms with Crippen LogP contribution >= 0.6 is 0 Å². The molecule has 6 nitrogen and oxygen atoms in total. The Hall–Kier alpha value is -2.61. The number of fused-ring (bicyclic) bond motifs is 2. The molecule has 2 aromatic carbocycles. The Balaban J connectivity index is 1.88. The summed E-state index contributed by atoms with van der Waals surface area (Å²) in [6, 6.07) is 11.9. The molecule has 0 radical (unpaired) electrons. The number of H-pyrrole nitrogens is 1. The Kier molecular flexibility index (Phi) is 3.24. The fourth-order valence-electron chi connectivity index (χ4n) is 2.96. The van der Waals surface area contributed by atoms with Crippen molar-refractivity contribution in [1.29, 1.82) is 0 Å². The normalized spacial score (nSPS) is 18.8. The largest absolute Gasteiger partial charge is 0.369 e. The van der Waals surface area contributed by atoms with E-state index >= 15 is 0 Å². The first kappa shape index (κ1) is 14.9. The predicted octanol–water partition coefficient (Wildman–Crippen LogP) is 2.70. The van der Waals surface area contributed by atoms with Crippen LogP contribution in [0.5, 0.6) is 0 Å². The van der Waals surface area contributed by atoms with Gasteiger partial charge >= 0.3 is 0 Å². The molecule has 1 aliphatic heterocycles. The summed E-state index contributed by atoms with van der Waals surface area (Å²) in [6.45, 7) is 0. The molecule has 0 bridgehead atoms. The molecule has 122 valence electrons. The quantitative estimate of drug-likeness (QED) is 0.536. The number of aliphatic hydroxyl groups excluding tert-OH is 1. The molecular formula is C17H14N2O4S. The second-order valence-electron chi connectivity index (χ2n) is 5.62. The molecule has 0 amide bonds. The number of anilines is 1. The van der Waals surface area contributed by atoms with Crippen LogP contribution in [0.4, 0.5) is 5.69 Å². The number of nitrogens with one attached hydrogen (secondary N) is 2. The highest BCUT2D eigenvalue weighted by atomic mass is 32.2. The molecule has 7 heteroatoms. The first-order chi connectivity index (χ1) is 11.4. The van der Waals surface area contributed by atoms with Gasteiger partial charge in [0.15, 0.2) is 6.23 Å². The zero-order valence-electron chi connectivity index (χ0n) is 12.4. The van der Waals surface area contributed by atoms with Crippen LogP contribution in [0, 0.1) is 0 Å². The average Bonchev–Trinajstić information content (AvgIpc) is 3.08. The van der Waals surface area contributed by atoms with Gasteiger partial charge in [-0.05, 0) is 30.3 Å². The fourth-order valence-corrected chi connectivity index (χ4v) is 3.47. The van der Waals surface area contributed by atoms with Crippen molar-refractivity contribution in [2.45, 2.75) is 11.1 Å². The van der Waals surface area contributed by atoms with E-state index in [1.807, 2.05) is 30.5 Å². The van der Waals surface area contributed by atoms with E-state index in [9.17, 15) is 18.1 Å². The molecule has 3 aromatic rings. The van der Waals surface area contributed by atoms with Crippen molar-refractivity contribution in [2.24, 2.45) is 0 Å². The van der Waals surface area contributed by atoms with Crippen LogP contribution in [0.15, 0.2) is 53.6 Å². The molecule has 0 fully saturated rings. The van der Waals surface area contributed by atoms with E-state index in [0.29, 0.717) is 16.8 Å². The van der Waals surface area contributed by atoms with Gasteiger partial charge in [0.1, 0.15) is 0 Å². The summed E-state index contributed by atoms with van der Waals surface area (Å²) in [5.41, 5.74) is 3.55. The van der Waals surface area contributed by atoms with E-state index in [0.717, 1.165) is 16.5 Å². The van der Waals surface area contributed by atoms with E-state index in [-0.39, 0.29) is 4.90 Å². The first-order valence-electron chi connectivity index (χ1n) is 7.28. The zero-order valence-corrected chi connectivity index (χ0v) is 13.2. The third-order valence-electron chi connectivity index (χ3n) is 4.12. The van der Waals surface area contributed by atoms with Crippen molar-refractivity contribution in [3.05, 3.63) is 59.8 Å². The van der Waals surface area contributed by atoms with Crippen LogP contribution in [-0.2, 0) is 10.1 Å². The maximum Gasteiger partial charge on any atom is 0.294 e. The Bertz CT molecular complexity index is 1080. The summed E-state index contributed by atoms with van der Waals surface area (Å²) >= 11 is 0. The van der Waals surface area contributed by atoms with Crippen molar-refractivity contribution in [3.63, 3.8) is 0 Å². The predicted molar refractivity (Wildman–Crippen MR) is 92.1 cm³/mol. The summed E-state index contributed by atoms with van der Waals surface area (Å²) in [7, 11) is -4.30. The number of hydrogen-bond donors (Lipinski definition) is 4. The fraction of sp³-hybridized carbons (Fsp3) is 0.0588. The van der Waals surface area contributed by atoms with Crippen molar-refractivity contribution < 1.29 is 18.1 Å². The Morgan fingerprint density at radius 2 is 1.92 bits per heavy atom. The molecule has 4 N–H and O–H groups in total. The van der Waals surface area contributed by atoms with Crippen molar-refractivity contribution >= 4 is 38.4 Å². The minimum absolute atomic E-state index is 0.207. The highest BCUT2D eigenvalue weighted by Crippen LogP contribution is 2.37. The van der Waals surface area contributed by atoms with E-state index in [4.69, 9.17) is 0 Å². The monoisotopic (exact) mass is 342 g/mol. The van der Waals surface area contributed by atoms with E-state index in [1.165, 1.54) is 18.2 Å². The van der Waals surface area contributed by atoms with Gasteiger partial charge in [-0.3, -0.25) is 4.55 Å². The van der Waals surface area contributed by atoms with Crippen molar-refractivity contribution in [3.8, 4) is 0 Å². The second-order valence-corrected chi connectivity index (χ2v) is 7.04. The molecule has 2 heterocycles. The van der Waals surface area contributed by atoms with Crippen LogP contribution in [0.2, 0.25) is 0 Å². The van der Waals surface area contributed by atoms with Gasteiger partial charge in [-0.15, -0.1) is 0 Å². The van der Waals surface area contributed by atoms with Gasteiger partial charge in [0.25, 0.3) is 10.1 Å². The number of aliphatic hydroxyl groups is 1. The number of aromatic nitrogens is 1. The standard InChI is InChI=1S/C17H14N2O4S/c20-17-14(7-10-9-18-15-4-2-1-3-12(10)15)13-8-11(24(21,22)23)5-6-16(13)19-17/h1-9,17-20H,(H,21,22,23). The average molecular weight is 342 g/mol. The molecule has 1 aliphatic rings. The summed E-state index contributed by atoms with van der Waals surface area (Å²) in [5.74, 6) is 0. The molecule has 24 heavy (non-hydrogen) atoms. The third kappa shape index (κ3) is 2.39. The maximum absolute atomic E-state index is 11.4. The molecule has 1 aromatic heterocycles. The van der Waals surface area contributed by atoms with E-state index in [1.54, 1.807) is 6.08 Å². The van der Waals surface area contributed by atoms with Gasteiger partial charge in [-0.25, -0.2) is 0 Å². The van der Waals surface area contributed by atoms with Gasteiger partial charge in [-0.2, -0.15) is 8.42 Å². The molecule has 0 spiro atoms. The van der Waals surface area contributed by atoms with Crippen LogP contribution in [0.1, 0.15) is 11.1 Å². The lowest BCUT2D eigenvalue weighted by molar-refractivity contribution is 0.266. The summed E-state index contributed by atoms with van der Waals surface area (Å²) < 4.78 is 32.0. The lowest BCUT2D eigenvalue weighted by Gasteiger charge is -2.05. The minimum Gasteiger partial charge on any atom is -0.369 e. The van der Waals surface area contributed by atoms with E-state index < -0.39 is 16.3 Å². The highest BCUT2D eigenvalue weighted by Gasteiger charge is 2.26. The minimum atomic E-state index is -4.30. The molecular weight excluding hydrogens is 328 g/mol. The Morgan fingerprint density at radius 3 is 2.71 bits per heavy atom. The lowest BCUT2D eigenvalue weighted by atomic mass is 10.0. The van der Waals surface area contributed by atoms with Crippen LogP contribution in [0.25, 0.3) is 22.6 Å². The molecule has 1 unspecified atom stereocenters. The molecule has 0 aliphatic carbocycles. The number of rotatable bonds is 2. The Labute approximate surface area is 138 Å². The van der Waals surface area contributed by atoms with E-state index in [2.05, 4.69) is 10.3 Å². The topological polar surface area (TPSA) is 102 Å². The Morgan fingerprint density at radius 1 is 1.12 bits per heavy atom. The van der Waals surface area contributed by atoms with Crippen LogP contribution in [0.3, 0.4) is 0 Å². The lowest BCUT2D eigenvalue weighted by Crippen LogP contribution is -2.12. The van der Waals surface area contributed by atoms with Gasteiger partial charge < -0.3 is 15.4 Å². The molecule has 0 saturated carbocycles. The van der Waals surface area contributed by atoms with Crippen molar-refractivity contribution in [2.75, 3.05) is 5.32 Å². The summed E-state index contributed by atoms with van der Waals surface area (Å²) in [6.07, 6.45) is 2.68. The molecule has 0 saturated heterocycles. The zero-order chi connectivity index (χ0) is 16.9. The van der Waals surface area contributed by atoms with Crippen molar-refractivity contribution in [1.82, 2.24) is 4.98 Å². The molecule has 1 atom stereocenters. The second kappa shape index (κ2) is 5.20. The van der Waals surface area contributed by atoms with Gasteiger partial charge in [0.2, 0.25) is 0 Å². The van der Waals surface area contributed by atoms with Gasteiger partial charge in [0.05, 0.1) is 4.90 Å². The number of aromatic amines is 1. The van der Waals surface area contributed by atoms with Gasteiger partial charge in [-0.1, -0.05) is 18.2 Å². The number of benzene rings is 2. The molecule has 4 rings (SSSR count). The first-order valence-corrected chi connectivity index (χ1v) is 8.72. The van der Waals surface area contributed by atoms with Gasteiger partial charge in [0, 0.05) is 39.5 Å². The smallest absolute Gasteiger partial charge is 0.294 e. The maximum atomic E-state index is 11.4. The number of para-hydroxylation sites is 1. The van der Waals surface area contributed by atoms with Crippen LogP contribution in [-0.4, -0.2) is 29.3 Å². The number of hydrogen-bond acceptors (Lipinski definition) is 4. The summed E-state index contributed by atoms with van der Waals surface area (Å²) in [5, 5.41) is 14.2. The van der Waals surface area contributed by atoms with Crippen LogP contribution < -0.4 is 5.32 Å². The SMILES string of the molecule is O=S(=O)(O)c1ccc2c(c1)C(=Cc1c[nH]c3ccccc13)C(O)N2.